The first-order chi connectivity index (χ1) is 12.7. The highest BCUT2D eigenvalue weighted by Gasteiger charge is 2.45. The number of methoxy groups -OCH3 is 1. The van der Waals surface area contributed by atoms with Crippen molar-refractivity contribution in [1.29, 1.82) is 0 Å². The first-order valence-corrected chi connectivity index (χ1v) is 10.2. The number of likely N-dealkylation sites (tertiary alicyclic amines) is 2. The second-order valence-electron chi connectivity index (χ2n) is 8.60. The summed E-state index contributed by atoms with van der Waals surface area (Å²) in [6, 6.07) is 11.9. The van der Waals surface area contributed by atoms with Crippen molar-refractivity contribution >= 4 is 5.91 Å². The summed E-state index contributed by atoms with van der Waals surface area (Å²) in [4.78, 5) is 17.2. The van der Waals surface area contributed by atoms with E-state index in [-0.39, 0.29) is 5.91 Å². The van der Waals surface area contributed by atoms with E-state index in [1.807, 2.05) is 0 Å². The Kier molecular flexibility index (Phi) is 5.32. The van der Waals surface area contributed by atoms with Gasteiger partial charge in [-0.1, -0.05) is 30.3 Å². The minimum Gasteiger partial charge on any atom is -0.384 e. The van der Waals surface area contributed by atoms with Gasteiger partial charge in [0.05, 0.1) is 13.0 Å². The second kappa shape index (κ2) is 7.69. The summed E-state index contributed by atoms with van der Waals surface area (Å²) < 4.78 is 5.07. The lowest BCUT2D eigenvalue weighted by Crippen LogP contribution is -2.53. The zero-order valence-electron chi connectivity index (χ0n) is 16.0. The molecule has 3 aliphatic rings. The molecule has 4 nitrogen and oxygen atoms in total. The van der Waals surface area contributed by atoms with Crippen molar-refractivity contribution in [3.05, 3.63) is 35.9 Å². The van der Waals surface area contributed by atoms with E-state index in [0.717, 1.165) is 32.0 Å². The standard InChI is InChI=1S/C22H32N2O2/c1-26-14-9-21(25)23-12-10-22(11-13-23)15-19(18-5-3-2-4-6-18)16-24(17-22)20-7-8-20/h2-6,19-20H,7-17H2,1H3/t19-/m1/s1. The lowest BCUT2D eigenvalue weighted by molar-refractivity contribution is -0.135. The summed E-state index contributed by atoms with van der Waals surface area (Å²) in [6.45, 7) is 4.82. The Morgan fingerprint density at radius 1 is 1.19 bits per heavy atom. The monoisotopic (exact) mass is 356 g/mol. The molecular formula is C22H32N2O2. The normalized spacial score (nSPS) is 26.2. The third-order valence-corrected chi connectivity index (χ3v) is 6.70. The van der Waals surface area contributed by atoms with E-state index in [2.05, 4.69) is 40.1 Å². The molecule has 0 bridgehead atoms. The number of hydrogen-bond acceptors (Lipinski definition) is 3. The third kappa shape index (κ3) is 3.96. The number of carbonyl (C=O) groups excluding carboxylic acids is 1. The second-order valence-corrected chi connectivity index (χ2v) is 8.60. The van der Waals surface area contributed by atoms with E-state index in [0.29, 0.717) is 24.4 Å². The predicted molar refractivity (Wildman–Crippen MR) is 103 cm³/mol. The predicted octanol–water partition coefficient (Wildman–Crippen LogP) is 3.28. The van der Waals surface area contributed by atoms with Crippen LogP contribution in [0.2, 0.25) is 0 Å². The van der Waals surface area contributed by atoms with Crippen molar-refractivity contribution in [2.24, 2.45) is 5.41 Å². The van der Waals surface area contributed by atoms with Gasteiger partial charge in [0.15, 0.2) is 0 Å². The Hall–Kier alpha value is -1.39. The molecule has 142 valence electrons. The van der Waals surface area contributed by atoms with Crippen molar-refractivity contribution in [3.63, 3.8) is 0 Å². The van der Waals surface area contributed by atoms with Crippen LogP contribution in [-0.2, 0) is 9.53 Å². The van der Waals surface area contributed by atoms with Crippen molar-refractivity contribution in [1.82, 2.24) is 9.80 Å². The minimum atomic E-state index is 0.260. The molecule has 26 heavy (non-hydrogen) atoms. The van der Waals surface area contributed by atoms with Crippen LogP contribution in [0.15, 0.2) is 30.3 Å². The smallest absolute Gasteiger partial charge is 0.224 e. The average Bonchev–Trinajstić information content (AvgIpc) is 3.52. The number of rotatable bonds is 5. The quantitative estimate of drug-likeness (QED) is 0.812. The molecule has 3 fully saturated rings. The SMILES string of the molecule is COCCC(=O)N1CCC2(CC1)C[C@@H](c1ccccc1)CN(C1CC1)C2. The highest BCUT2D eigenvalue weighted by molar-refractivity contribution is 5.76. The van der Waals surface area contributed by atoms with E-state index in [1.54, 1.807) is 7.11 Å². The van der Waals surface area contributed by atoms with Gasteiger partial charge in [-0.25, -0.2) is 0 Å². The Labute approximate surface area is 157 Å². The van der Waals surface area contributed by atoms with E-state index in [9.17, 15) is 4.79 Å². The Morgan fingerprint density at radius 2 is 1.92 bits per heavy atom. The van der Waals surface area contributed by atoms with Gasteiger partial charge in [-0.3, -0.25) is 9.69 Å². The molecular weight excluding hydrogens is 324 g/mol. The van der Waals surface area contributed by atoms with Crippen molar-refractivity contribution < 1.29 is 9.53 Å². The molecule has 2 aliphatic heterocycles. The van der Waals surface area contributed by atoms with Crippen molar-refractivity contribution in [3.8, 4) is 0 Å². The van der Waals surface area contributed by atoms with Gasteiger partial charge in [0.2, 0.25) is 5.91 Å². The fraction of sp³-hybridized carbons (Fsp3) is 0.682. The van der Waals surface area contributed by atoms with Crippen LogP contribution in [0, 0.1) is 5.41 Å². The van der Waals surface area contributed by atoms with Crippen molar-refractivity contribution in [2.75, 3.05) is 39.9 Å². The maximum atomic E-state index is 12.3. The van der Waals surface area contributed by atoms with Gasteiger partial charge >= 0.3 is 0 Å². The first kappa shape index (κ1) is 18.0. The minimum absolute atomic E-state index is 0.260. The molecule has 0 radical (unpaired) electrons. The molecule has 0 aromatic heterocycles. The topological polar surface area (TPSA) is 32.8 Å². The van der Waals surface area contributed by atoms with Gasteiger partial charge in [-0.15, -0.1) is 0 Å². The van der Waals surface area contributed by atoms with Gasteiger partial charge in [0, 0.05) is 39.3 Å². The molecule has 1 aliphatic carbocycles. The number of piperidine rings is 2. The summed E-state index contributed by atoms with van der Waals surface area (Å²) >= 11 is 0. The number of ether oxygens (including phenoxy) is 1. The van der Waals surface area contributed by atoms with E-state index >= 15 is 0 Å². The van der Waals surface area contributed by atoms with Crippen LogP contribution in [0.25, 0.3) is 0 Å². The maximum Gasteiger partial charge on any atom is 0.224 e. The van der Waals surface area contributed by atoms with E-state index in [1.165, 1.54) is 37.9 Å². The van der Waals surface area contributed by atoms with Crippen LogP contribution in [0.4, 0.5) is 0 Å². The number of amides is 1. The van der Waals surface area contributed by atoms with Crippen molar-refractivity contribution in [2.45, 2.75) is 50.5 Å². The molecule has 4 heteroatoms. The summed E-state index contributed by atoms with van der Waals surface area (Å²) in [7, 11) is 1.66. The van der Waals surface area contributed by atoms with Gasteiger partial charge in [0.25, 0.3) is 0 Å². The molecule has 2 saturated heterocycles. The zero-order chi connectivity index (χ0) is 18.0. The largest absolute Gasteiger partial charge is 0.384 e. The lowest BCUT2D eigenvalue weighted by atomic mass is 9.68. The molecule has 1 saturated carbocycles. The van der Waals surface area contributed by atoms with E-state index < -0.39 is 0 Å². The summed E-state index contributed by atoms with van der Waals surface area (Å²) in [5.74, 6) is 0.900. The third-order valence-electron chi connectivity index (χ3n) is 6.70. The molecule has 4 rings (SSSR count). The number of hydrogen-bond donors (Lipinski definition) is 0. The van der Waals surface area contributed by atoms with Crippen LogP contribution in [0.3, 0.4) is 0 Å². The molecule has 1 aromatic rings. The first-order valence-electron chi connectivity index (χ1n) is 10.2. The maximum absolute atomic E-state index is 12.3. The summed E-state index contributed by atoms with van der Waals surface area (Å²) in [5.41, 5.74) is 1.88. The van der Waals surface area contributed by atoms with Gasteiger partial charge in [0.1, 0.15) is 0 Å². The summed E-state index contributed by atoms with van der Waals surface area (Å²) in [5, 5.41) is 0. The Morgan fingerprint density at radius 3 is 2.58 bits per heavy atom. The van der Waals surface area contributed by atoms with Crippen LogP contribution < -0.4 is 0 Å². The average molecular weight is 357 g/mol. The summed E-state index contributed by atoms with van der Waals surface area (Å²) in [6.07, 6.45) is 6.85. The van der Waals surface area contributed by atoms with Crippen LogP contribution in [-0.4, -0.2) is 61.6 Å². The van der Waals surface area contributed by atoms with E-state index in [4.69, 9.17) is 4.74 Å². The fourth-order valence-electron chi connectivity index (χ4n) is 5.04. The zero-order valence-corrected chi connectivity index (χ0v) is 16.0. The molecule has 1 amide bonds. The molecule has 0 N–H and O–H groups in total. The Bertz CT molecular complexity index is 606. The van der Waals surface area contributed by atoms with Crippen LogP contribution >= 0.6 is 0 Å². The number of carbonyl (C=O) groups is 1. The van der Waals surface area contributed by atoms with Crippen LogP contribution in [0.1, 0.15) is 50.0 Å². The fourth-order valence-corrected chi connectivity index (χ4v) is 5.04. The number of nitrogens with zero attached hydrogens (tertiary/aromatic N) is 2. The molecule has 0 unspecified atom stereocenters. The van der Waals surface area contributed by atoms with Crippen LogP contribution in [0.5, 0.6) is 0 Å². The van der Waals surface area contributed by atoms with Gasteiger partial charge < -0.3 is 9.64 Å². The molecule has 2 heterocycles. The molecule has 1 spiro atoms. The Balaban J connectivity index is 1.44. The molecule has 1 aromatic carbocycles. The highest BCUT2D eigenvalue weighted by atomic mass is 16.5. The van der Waals surface area contributed by atoms with Gasteiger partial charge in [-0.2, -0.15) is 0 Å². The number of benzene rings is 1. The van der Waals surface area contributed by atoms with Gasteiger partial charge in [-0.05, 0) is 49.0 Å². The molecule has 1 atom stereocenters. The highest BCUT2D eigenvalue weighted by Crippen LogP contribution is 2.47. The lowest BCUT2D eigenvalue weighted by Gasteiger charge is -2.50.